The summed E-state index contributed by atoms with van der Waals surface area (Å²) >= 11 is 5.87. The molecule has 2 heterocycles. The first-order chi connectivity index (χ1) is 15.0. The third kappa shape index (κ3) is 5.55. The van der Waals surface area contributed by atoms with Gasteiger partial charge in [-0.1, -0.05) is 23.7 Å². The van der Waals surface area contributed by atoms with E-state index in [9.17, 15) is 4.79 Å². The first kappa shape index (κ1) is 20.3. The van der Waals surface area contributed by atoms with Crippen molar-refractivity contribution in [1.29, 1.82) is 0 Å². The summed E-state index contributed by atoms with van der Waals surface area (Å²) in [5.41, 5.74) is 2.42. The van der Waals surface area contributed by atoms with Crippen molar-refractivity contribution in [2.75, 3.05) is 10.6 Å². The molecule has 0 aliphatic rings. The highest BCUT2D eigenvalue weighted by atomic mass is 35.5. The highest BCUT2D eigenvalue weighted by Crippen LogP contribution is 2.19. The van der Waals surface area contributed by atoms with Crippen LogP contribution in [-0.4, -0.2) is 25.4 Å². The number of halogens is 1. The number of aromatic nitrogens is 4. The first-order valence-corrected chi connectivity index (χ1v) is 9.89. The fourth-order valence-electron chi connectivity index (χ4n) is 2.86. The predicted octanol–water partition coefficient (Wildman–Crippen LogP) is 5.02. The number of amides is 1. The molecule has 7 nitrogen and oxygen atoms in total. The number of benzene rings is 2. The molecular formula is C23H19ClN6O. The van der Waals surface area contributed by atoms with Gasteiger partial charge in [-0.3, -0.25) is 9.36 Å². The summed E-state index contributed by atoms with van der Waals surface area (Å²) in [6, 6.07) is 16.5. The Morgan fingerprint density at radius 2 is 1.77 bits per heavy atom. The molecule has 0 fully saturated rings. The smallest absolute Gasteiger partial charge is 0.248 e. The number of rotatable bonds is 6. The maximum atomic E-state index is 12.2. The quantitative estimate of drug-likeness (QED) is 0.419. The van der Waals surface area contributed by atoms with Gasteiger partial charge in [0.05, 0.1) is 0 Å². The van der Waals surface area contributed by atoms with Crippen molar-refractivity contribution in [2.45, 2.75) is 6.92 Å². The van der Waals surface area contributed by atoms with Gasteiger partial charge in [-0.15, -0.1) is 0 Å². The van der Waals surface area contributed by atoms with Crippen molar-refractivity contribution in [3.8, 4) is 5.82 Å². The highest BCUT2D eigenvalue weighted by molar-refractivity contribution is 6.30. The van der Waals surface area contributed by atoms with E-state index in [4.69, 9.17) is 11.6 Å². The lowest BCUT2D eigenvalue weighted by Gasteiger charge is -2.10. The van der Waals surface area contributed by atoms with E-state index in [0.717, 1.165) is 17.1 Å². The molecule has 0 spiro atoms. The molecule has 0 aliphatic carbocycles. The van der Waals surface area contributed by atoms with Gasteiger partial charge >= 0.3 is 0 Å². The summed E-state index contributed by atoms with van der Waals surface area (Å²) in [6.45, 7) is 1.84. The van der Waals surface area contributed by atoms with Crippen molar-refractivity contribution in [1.82, 2.24) is 19.5 Å². The lowest BCUT2D eigenvalue weighted by Crippen LogP contribution is -2.07. The van der Waals surface area contributed by atoms with Gasteiger partial charge < -0.3 is 10.6 Å². The van der Waals surface area contributed by atoms with Gasteiger partial charge in [0.15, 0.2) is 0 Å². The molecule has 31 heavy (non-hydrogen) atoms. The van der Waals surface area contributed by atoms with E-state index in [-0.39, 0.29) is 5.91 Å². The van der Waals surface area contributed by atoms with Crippen molar-refractivity contribution in [3.05, 3.63) is 95.8 Å². The molecule has 0 saturated heterocycles. The second-order valence-electron chi connectivity index (χ2n) is 6.71. The Labute approximate surface area is 184 Å². The molecule has 0 bridgehead atoms. The Morgan fingerprint density at radius 3 is 2.48 bits per heavy atom. The number of anilines is 3. The summed E-state index contributed by atoms with van der Waals surface area (Å²) in [6.07, 6.45) is 8.42. The number of carbonyl (C=O) groups is 1. The zero-order chi connectivity index (χ0) is 21.6. The van der Waals surface area contributed by atoms with Crippen LogP contribution in [0.5, 0.6) is 0 Å². The van der Waals surface area contributed by atoms with E-state index in [2.05, 4.69) is 25.6 Å². The molecule has 2 aromatic carbocycles. The molecule has 154 valence electrons. The van der Waals surface area contributed by atoms with Crippen LogP contribution in [-0.2, 0) is 4.79 Å². The van der Waals surface area contributed by atoms with Crippen LogP contribution in [0.2, 0.25) is 5.02 Å². The van der Waals surface area contributed by atoms with Crippen molar-refractivity contribution >= 4 is 40.8 Å². The van der Waals surface area contributed by atoms with E-state index >= 15 is 0 Å². The van der Waals surface area contributed by atoms with Gasteiger partial charge in [0.1, 0.15) is 23.8 Å². The van der Waals surface area contributed by atoms with Gasteiger partial charge in [0.25, 0.3) is 0 Å². The van der Waals surface area contributed by atoms with Crippen LogP contribution in [0.25, 0.3) is 11.9 Å². The third-order valence-electron chi connectivity index (χ3n) is 4.32. The van der Waals surface area contributed by atoms with Crippen LogP contribution in [0.4, 0.5) is 17.2 Å². The molecule has 2 aromatic heterocycles. The van der Waals surface area contributed by atoms with Gasteiger partial charge in [0.2, 0.25) is 5.91 Å². The molecule has 0 aliphatic heterocycles. The number of nitrogens with one attached hydrogen (secondary N) is 2. The number of carbonyl (C=O) groups excluding carboxylic acids is 1. The summed E-state index contributed by atoms with van der Waals surface area (Å²) in [5, 5.41) is 6.75. The van der Waals surface area contributed by atoms with Crippen LogP contribution in [0.15, 0.2) is 79.4 Å². The van der Waals surface area contributed by atoms with Crippen LogP contribution in [0.3, 0.4) is 0 Å². The second-order valence-corrected chi connectivity index (χ2v) is 7.14. The normalized spacial score (nSPS) is 10.9. The van der Waals surface area contributed by atoms with Crippen molar-refractivity contribution in [3.63, 3.8) is 0 Å². The summed E-state index contributed by atoms with van der Waals surface area (Å²) in [5.74, 6) is 1.82. The predicted molar refractivity (Wildman–Crippen MR) is 123 cm³/mol. The number of nitrogens with zero attached hydrogens (tertiary/aromatic N) is 4. The molecule has 0 unspecified atom stereocenters. The van der Waals surface area contributed by atoms with Crippen LogP contribution in [0, 0.1) is 6.92 Å². The van der Waals surface area contributed by atoms with Crippen molar-refractivity contribution in [2.24, 2.45) is 0 Å². The zero-order valence-corrected chi connectivity index (χ0v) is 17.4. The molecule has 8 heteroatoms. The highest BCUT2D eigenvalue weighted by Gasteiger charge is 2.05. The topological polar surface area (TPSA) is 84.7 Å². The third-order valence-corrected chi connectivity index (χ3v) is 4.57. The van der Waals surface area contributed by atoms with Gasteiger partial charge in [0, 0.05) is 40.9 Å². The average Bonchev–Trinajstić information content (AvgIpc) is 3.29. The first-order valence-electron chi connectivity index (χ1n) is 9.51. The molecule has 2 N–H and O–H groups in total. The lowest BCUT2D eigenvalue weighted by molar-refractivity contribution is -0.111. The van der Waals surface area contributed by atoms with E-state index in [1.54, 1.807) is 30.7 Å². The monoisotopic (exact) mass is 430 g/mol. The Bertz CT molecular complexity index is 1200. The minimum absolute atomic E-state index is 0.216. The zero-order valence-electron chi connectivity index (χ0n) is 16.7. The summed E-state index contributed by atoms with van der Waals surface area (Å²) in [7, 11) is 0. The molecule has 0 saturated carbocycles. The largest absolute Gasteiger partial charge is 0.340 e. The van der Waals surface area contributed by atoms with Crippen LogP contribution < -0.4 is 10.6 Å². The van der Waals surface area contributed by atoms with E-state index in [1.807, 2.05) is 60.2 Å². The molecule has 4 rings (SSSR count). The minimum Gasteiger partial charge on any atom is -0.340 e. The number of hydrogen-bond donors (Lipinski definition) is 2. The lowest BCUT2D eigenvalue weighted by atomic mass is 10.2. The van der Waals surface area contributed by atoms with E-state index < -0.39 is 0 Å². The van der Waals surface area contributed by atoms with Crippen LogP contribution >= 0.6 is 11.6 Å². The average molecular weight is 431 g/mol. The Morgan fingerprint density at radius 1 is 1.03 bits per heavy atom. The SMILES string of the molecule is Cc1nc(Nc2ccc(NC(=O)/C=C/c3ccc(Cl)cc3)cc2)cc(-n2ccnc2)n1. The Kier molecular flexibility index (Phi) is 6.05. The van der Waals surface area contributed by atoms with Gasteiger partial charge in [-0.25, -0.2) is 15.0 Å². The number of aryl methyl sites for hydroxylation is 1. The second kappa shape index (κ2) is 9.23. The molecule has 0 atom stereocenters. The number of hydrogen-bond acceptors (Lipinski definition) is 5. The fraction of sp³-hybridized carbons (Fsp3) is 0.0435. The molecule has 4 aromatic rings. The van der Waals surface area contributed by atoms with E-state index in [1.165, 1.54) is 6.08 Å². The van der Waals surface area contributed by atoms with Crippen LogP contribution in [0.1, 0.15) is 11.4 Å². The number of imidazole rings is 1. The molecule has 1 amide bonds. The maximum Gasteiger partial charge on any atom is 0.248 e. The molecular weight excluding hydrogens is 412 g/mol. The molecule has 0 radical (unpaired) electrons. The van der Waals surface area contributed by atoms with Gasteiger partial charge in [-0.05, 0) is 55.0 Å². The maximum absolute atomic E-state index is 12.2. The Balaban J connectivity index is 1.39. The summed E-state index contributed by atoms with van der Waals surface area (Å²) in [4.78, 5) is 25.0. The standard InChI is InChI=1S/C23H19ClN6O/c1-16-26-21(14-22(27-16)30-13-12-25-15-30)28-19-7-9-20(10-8-19)29-23(31)11-4-17-2-5-18(24)6-3-17/h2-15H,1H3,(H,29,31)(H,26,27,28)/b11-4+. The van der Waals surface area contributed by atoms with E-state index in [0.29, 0.717) is 22.4 Å². The minimum atomic E-state index is -0.216. The summed E-state index contributed by atoms with van der Waals surface area (Å²) < 4.78 is 1.82. The van der Waals surface area contributed by atoms with Crippen molar-refractivity contribution < 1.29 is 4.79 Å². The fourth-order valence-corrected chi connectivity index (χ4v) is 2.98. The Hall–Kier alpha value is -3.97. The van der Waals surface area contributed by atoms with Gasteiger partial charge in [-0.2, -0.15) is 0 Å².